The zero-order valence-corrected chi connectivity index (χ0v) is 9.68. The fraction of sp³-hybridized carbons (Fsp3) is 0. The molecule has 4 rings (SSSR count). The topological polar surface area (TPSA) is 72.0 Å². The maximum absolute atomic E-state index is 11.6. The number of rotatable bonds is 0. The van der Waals surface area contributed by atoms with E-state index in [0.717, 1.165) is 21.8 Å². The van der Waals surface area contributed by atoms with Crippen LogP contribution in [0.25, 0.3) is 21.8 Å². The largest absolute Gasteiger partial charge is 0.288 e. The first-order chi connectivity index (χ1) is 9.22. The van der Waals surface area contributed by atoms with Gasteiger partial charge in [0, 0.05) is 12.4 Å². The van der Waals surface area contributed by atoms with Crippen LogP contribution < -0.4 is 5.32 Å². The Kier molecular flexibility index (Phi) is 1.79. The first kappa shape index (κ1) is 10.1. The van der Waals surface area contributed by atoms with Gasteiger partial charge in [-0.1, -0.05) is 0 Å². The third-order valence-electron chi connectivity index (χ3n) is 3.28. The maximum Gasteiger partial charge on any atom is 0.258 e. The van der Waals surface area contributed by atoms with Gasteiger partial charge in [0.15, 0.2) is 0 Å². The standard InChI is InChI=1S/C14H7N3O2/c18-13-9-3-7-5-11-12(16-2-1-15-11)6-8(7)4-10(9)14(19)17-13/h1-6H,(H,17,18,19). The molecule has 1 aliphatic rings. The Morgan fingerprint density at radius 1 is 0.737 bits per heavy atom. The highest BCUT2D eigenvalue weighted by atomic mass is 16.2. The fourth-order valence-electron chi connectivity index (χ4n) is 2.37. The lowest BCUT2D eigenvalue weighted by atomic mass is 10.0. The SMILES string of the molecule is O=C1NC(=O)c2cc3cc4nccnc4cc3cc21. The number of amides is 2. The number of hydrogen-bond acceptors (Lipinski definition) is 4. The van der Waals surface area contributed by atoms with Crippen molar-refractivity contribution in [1.82, 2.24) is 15.3 Å². The second-order valence-corrected chi connectivity index (χ2v) is 4.43. The Labute approximate surface area is 107 Å². The number of nitrogens with zero attached hydrogens (tertiary/aromatic N) is 2. The van der Waals surface area contributed by atoms with Gasteiger partial charge >= 0.3 is 0 Å². The molecule has 5 heteroatoms. The van der Waals surface area contributed by atoms with Crippen LogP contribution in [0.4, 0.5) is 0 Å². The van der Waals surface area contributed by atoms with Crippen molar-refractivity contribution in [2.24, 2.45) is 0 Å². The molecule has 1 N–H and O–H groups in total. The van der Waals surface area contributed by atoms with E-state index in [4.69, 9.17) is 0 Å². The summed E-state index contributed by atoms with van der Waals surface area (Å²) < 4.78 is 0. The lowest BCUT2D eigenvalue weighted by molar-refractivity contribution is 0.0879. The molecule has 2 amide bonds. The summed E-state index contributed by atoms with van der Waals surface area (Å²) in [6, 6.07) is 7.18. The molecule has 2 aromatic carbocycles. The van der Waals surface area contributed by atoms with Crippen molar-refractivity contribution in [2.75, 3.05) is 0 Å². The molecular weight excluding hydrogens is 242 g/mol. The molecule has 1 aromatic heterocycles. The minimum absolute atomic E-state index is 0.346. The van der Waals surface area contributed by atoms with Gasteiger partial charge in [0.25, 0.3) is 11.8 Å². The fourth-order valence-corrected chi connectivity index (χ4v) is 2.37. The predicted molar refractivity (Wildman–Crippen MR) is 68.8 cm³/mol. The van der Waals surface area contributed by atoms with Crippen molar-refractivity contribution < 1.29 is 9.59 Å². The zero-order valence-electron chi connectivity index (χ0n) is 9.68. The van der Waals surface area contributed by atoms with Crippen LogP contribution in [-0.2, 0) is 0 Å². The minimum Gasteiger partial charge on any atom is -0.288 e. The Morgan fingerprint density at radius 2 is 1.21 bits per heavy atom. The minimum atomic E-state index is -0.346. The Balaban J connectivity index is 2.13. The van der Waals surface area contributed by atoms with Gasteiger partial charge < -0.3 is 0 Å². The van der Waals surface area contributed by atoms with Crippen molar-refractivity contribution in [3.63, 3.8) is 0 Å². The van der Waals surface area contributed by atoms with Crippen LogP contribution in [-0.4, -0.2) is 21.8 Å². The van der Waals surface area contributed by atoms with E-state index in [-0.39, 0.29) is 11.8 Å². The second-order valence-electron chi connectivity index (χ2n) is 4.43. The van der Waals surface area contributed by atoms with Crippen LogP contribution in [0.1, 0.15) is 20.7 Å². The molecule has 0 bridgehead atoms. The van der Waals surface area contributed by atoms with Gasteiger partial charge in [0.05, 0.1) is 22.2 Å². The molecule has 0 radical (unpaired) electrons. The summed E-state index contributed by atoms with van der Waals surface area (Å²) in [5, 5.41) is 4.03. The van der Waals surface area contributed by atoms with E-state index in [1.54, 1.807) is 24.5 Å². The summed E-state index contributed by atoms with van der Waals surface area (Å²) in [6.07, 6.45) is 3.25. The average Bonchev–Trinajstić information content (AvgIpc) is 2.69. The van der Waals surface area contributed by atoms with Crippen LogP contribution in [0.3, 0.4) is 0 Å². The van der Waals surface area contributed by atoms with Crippen LogP contribution in [0, 0.1) is 0 Å². The molecule has 0 spiro atoms. The summed E-state index contributed by atoms with van der Waals surface area (Å²) in [5.74, 6) is -0.692. The number of fused-ring (bicyclic) bond motifs is 3. The first-order valence-electron chi connectivity index (χ1n) is 5.76. The molecule has 5 nitrogen and oxygen atoms in total. The highest BCUT2D eigenvalue weighted by molar-refractivity contribution is 6.23. The van der Waals surface area contributed by atoms with E-state index in [0.29, 0.717) is 11.1 Å². The van der Waals surface area contributed by atoms with Crippen LogP contribution in [0.5, 0.6) is 0 Å². The molecule has 0 fully saturated rings. The summed E-state index contributed by atoms with van der Waals surface area (Å²) >= 11 is 0. The third kappa shape index (κ3) is 1.35. The van der Waals surface area contributed by atoms with Gasteiger partial charge in [-0.25, -0.2) is 0 Å². The quantitative estimate of drug-likeness (QED) is 0.486. The summed E-state index contributed by atoms with van der Waals surface area (Å²) in [7, 11) is 0. The first-order valence-corrected chi connectivity index (χ1v) is 5.76. The Hall–Kier alpha value is -2.82. The molecule has 0 saturated heterocycles. The second kappa shape index (κ2) is 3.35. The van der Waals surface area contributed by atoms with E-state index in [1.807, 2.05) is 12.1 Å². The number of carbonyl (C=O) groups excluding carboxylic acids is 2. The van der Waals surface area contributed by atoms with Gasteiger partial charge in [0.1, 0.15) is 0 Å². The number of aromatic nitrogens is 2. The number of carbonyl (C=O) groups is 2. The van der Waals surface area contributed by atoms with E-state index in [2.05, 4.69) is 15.3 Å². The molecule has 0 aliphatic carbocycles. The third-order valence-corrected chi connectivity index (χ3v) is 3.28. The van der Waals surface area contributed by atoms with Crippen molar-refractivity contribution in [1.29, 1.82) is 0 Å². The van der Waals surface area contributed by atoms with Crippen molar-refractivity contribution in [2.45, 2.75) is 0 Å². The molecule has 1 aliphatic heterocycles. The summed E-state index contributed by atoms with van der Waals surface area (Å²) in [6.45, 7) is 0. The summed E-state index contributed by atoms with van der Waals surface area (Å²) in [4.78, 5) is 31.7. The predicted octanol–water partition coefficient (Wildman–Crippen LogP) is 1.67. The average molecular weight is 249 g/mol. The molecule has 0 saturated carbocycles. The van der Waals surface area contributed by atoms with Gasteiger partial charge in [-0.05, 0) is 35.0 Å². The van der Waals surface area contributed by atoms with E-state index in [1.165, 1.54) is 0 Å². The van der Waals surface area contributed by atoms with Crippen LogP contribution >= 0.6 is 0 Å². The van der Waals surface area contributed by atoms with Gasteiger partial charge in [-0.3, -0.25) is 24.9 Å². The number of benzene rings is 2. The Morgan fingerprint density at radius 3 is 1.68 bits per heavy atom. The van der Waals surface area contributed by atoms with Crippen molar-refractivity contribution in [3.8, 4) is 0 Å². The smallest absolute Gasteiger partial charge is 0.258 e. The molecule has 2 heterocycles. The monoisotopic (exact) mass is 249 g/mol. The molecule has 90 valence electrons. The van der Waals surface area contributed by atoms with Gasteiger partial charge in [0.2, 0.25) is 0 Å². The van der Waals surface area contributed by atoms with E-state index in [9.17, 15) is 9.59 Å². The number of hydrogen-bond donors (Lipinski definition) is 1. The zero-order chi connectivity index (χ0) is 13.0. The van der Waals surface area contributed by atoms with Crippen LogP contribution in [0.15, 0.2) is 36.7 Å². The highest BCUT2D eigenvalue weighted by Crippen LogP contribution is 2.26. The molecular formula is C14H7N3O2. The highest BCUT2D eigenvalue weighted by Gasteiger charge is 2.26. The normalized spacial score (nSPS) is 13.9. The lowest BCUT2D eigenvalue weighted by Crippen LogP contribution is -2.19. The summed E-state index contributed by atoms with van der Waals surface area (Å²) in [5.41, 5.74) is 2.36. The van der Waals surface area contributed by atoms with Crippen molar-refractivity contribution in [3.05, 3.63) is 47.8 Å². The maximum atomic E-state index is 11.6. The molecule has 0 atom stereocenters. The van der Waals surface area contributed by atoms with Gasteiger partial charge in [-0.2, -0.15) is 0 Å². The number of imide groups is 1. The lowest BCUT2D eigenvalue weighted by Gasteiger charge is -2.02. The van der Waals surface area contributed by atoms with Crippen molar-refractivity contribution >= 4 is 33.6 Å². The van der Waals surface area contributed by atoms with Crippen LogP contribution in [0.2, 0.25) is 0 Å². The van der Waals surface area contributed by atoms with Gasteiger partial charge in [-0.15, -0.1) is 0 Å². The van der Waals surface area contributed by atoms with E-state index < -0.39 is 0 Å². The molecule has 19 heavy (non-hydrogen) atoms. The molecule has 0 unspecified atom stereocenters. The number of nitrogens with one attached hydrogen (secondary N) is 1. The van der Waals surface area contributed by atoms with E-state index >= 15 is 0 Å². The molecule has 3 aromatic rings. The Bertz CT molecular complexity index is 814.